The summed E-state index contributed by atoms with van der Waals surface area (Å²) in [5.41, 5.74) is 1.85. The van der Waals surface area contributed by atoms with Crippen molar-refractivity contribution in [3.05, 3.63) is 84.2 Å². The molecule has 1 heterocycles. The highest BCUT2D eigenvalue weighted by Gasteiger charge is 2.04. The Balaban J connectivity index is 1.34. The third kappa shape index (κ3) is 7.13. The Morgan fingerprint density at radius 1 is 0.933 bits per heavy atom. The first-order valence-electron chi connectivity index (χ1n) is 9.88. The number of ether oxygens (including phenoxy) is 3. The van der Waals surface area contributed by atoms with Crippen molar-refractivity contribution in [1.29, 1.82) is 0 Å². The zero-order valence-electron chi connectivity index (χ0n) is 17.0. The minimum atomic E-state index is -0.00635. The van der Waals surface area contributed by atoms with Gasteiger partial charge < -0.3 is 19.5 Å². The number of pyridine rings is 1. The van der Waals surface area contributed by atoms with Crippen LogP contribution < -0.4 is 19.5 Å². The zero-order valence-corrected chi connectivity index (χ0v) is 17.0. The first-order chi connectivity index (χ1) is 14.7. The molecule has 0 unspecified atom stereocenters. The van der Waals surface area contributed by atoms with Crippen LogP contribution in [0.2, 0.25) is 0 Å². The summed E-state index contributed by atoms with van der Waals surface area (Å²) < 4.78 is 16.5. The standard InChI is InChI=1S/C24H26N2O4/c1-28-21-10-12-22(13-11-21)29-15-5-9-24(27)26-17-19-6-4-8-23(16-19)30-18-20-7-2-3-14-25-20/h2-4,6-8,10-14,16H,5,9,15,17-18H2,1H3,(H,26,27). The van der Waals surface area contributed by atoms with Gasteiger partial charge in [-0.3, -0.25) is 9.78 Å². The van der Waals surface area contributed by atoms with Crippen LogP contribution in [0.25, 0.3) is 0 Å². The summed E-state index contributed by atoms with van der Waals surface area (Å²) in [6, 6.07) is 20.8. The lowest BCUT2D eigenvalue weighted by Crippen LogP contribution is -2.23. The molecule has 30 heavy (non-hydrogen) atoms. The van der Waals surface area contributed by atoms with Gasteiger partial charge in [-0.25, -0.2) is 0 Å². The minimum Gasteiger partial charge on any atom is -0.497 e. The van der Waals surface area contributed by atoms with E-state index in [1.54, 1.807) is 13.3 Å². The topological polar surface area (TPSA) is 69.7 Å². The Hall–Kier alpha value is -3.54. The molecule has 1 amide bonds. The predicted molar refractivity (Wildman–Crippen MR) is 115 cm³/mol. The fourth-order valence-electron chi connectivity index (χ4n) is 2.77. The molecule has 6 heteroatoms. The van der Waals surface area contributed by atoms with Crippen LogP contribution in [0.5, 0.6) is 17.2 Å². The van der Waals surface area contributed by atoms with Crippen molar-refractivity contribution < 1.29 is 19.0 Å². The highest BCUT2D eigenvalue weighted by atomic mass is 16.5. The van der Waals surface area contributed by atoms with Crippen molar-refractivity contribution in [3.63, 3.8) is 0 Å². The molecule has 3 rings (SSSR count). The Kier molecular flexibility index (Phi) is 8.09. The van der Waals surface area contributed by atoms with Crippen LogP contribution in [-0.4, -0.2) is 24.6 Å². The number of nitrogens with zero attached hydrogens (tertiary/aromatic N) is 1. The average Bonchev–Trinajstić information content (AvgIpc) is 2.80. The van der Waals surface area contributed by atoms with Crippen LogP contribution in [0.15, 0.2) is 72.9 Å². The number of nitrogens with one attached hydrogen (secondary N) is 1. The maximum atomic E-state index is 12.1. The van der Waals surface area contributed by atoms with E-state index in [0.717, 1.165) is 28.5 Å². The summed E-state index contributed by atoms with van der Waals surface area (Å²) in [6.45, 7) is 1.35. The first kappa shape index (κ1) is 21.2. The maximum absolute atomic E-state index is 12.1. The van der Waals surface area contributed by atoms with Crippen molar-refractivity contribution in [2.24, 2.45) is 0 Å². The molecule has 0 spiro atoms. The van der Waals surface area contributed by atoms with E-state index in [2.05, 4.69) is 10.3 Å². The Bertz CT molecular complexity index is 914. The Morgan fingerprint density at radius 2 is 1.77 bits per heavy atom. The third-order valence-electron chi connectivity index (χ3n) is 4.38. The van der Waals surface area contributed by atoms with E-state index in [-0.39, 0.29) is 5.91 Å². The van der Waals surface area contributed by atoms with E-state index in [1.165, 1.54) is 0 Å². The second-order valence-corrected chi connectivity index (χ2v) is 6.66. The van der Waals surface area contributed by atoms with Gasteiger partial charge in [0.05, 0.1) is 19.4 Å². The van der Waals surface area contributed by atoms with E-state index in [0.29, 0.717) is 32.6 Å². The maximum Gasteiger partial charge on any atom is 0.220 e. The van der Waals surface area contributed by atoms with Gasteiger partial charge in [0.25, 0.3) is 0 Å². The van der Waals surface area contributed by atoms with Gasteiger partial charge in [0.15, 0.2) is 0 Å². The Labute approximate surface area is 176 Å². The lowest BCUT2D eigenvalue weighted by Gasteiger charge is -2.09. The highest BCUT2D eigenvalue weighted by Crippen LogP contribution is 2.17. The molecular formula is C24H26N2O4. The smallest absolute Gasteiger partial charge is 0.220 e. The van der Waals surface area contributed by atoms with E-state index in [1.807, 2.05) is 66.7 Å². The molecule has 1 aromatic heterocycles. The molecule has 0 bridgehead atoms. The molecule has 0 aliphatic heterocycles. The summed E-state index contributed by atoms with van der Waals surface area (Å²) >= 11 is 0. The van der Waals surface area contributed by atoms with Gasteiger partial charge in [-0.1, -0.05) is 18.2 Å². The van der Waals surface area contributed by atoms with Crippen LogP contribution in [0.3, 0.4) is 0 Å². The Morgan fingerprint density at radius 3 is 2.53 bits per heavy atom. The second kappa shape index (κ2) is 11.5. The van der Waals surface area contributed by atoms with Crippen LogP contribution in [0.4, 0.5) is 0 Å². The molecule has 6 nitrogen and oxygen atoms in total. The highest BCUT2D eigenvalue weighted by molar-refractivity contribution is 5.75. The predicted octanol–water partition coefficient (Wildman–Crippen LogP) is 4.14. The van der Waals surface area contributed by atoms with Crippen LogP contribution in [-0.2, 0) is 17.9 Å². The van der Waals surface area contributed by atoms with Gasteiger partial charge in [-0.15, -0.1) is 0 Å². The summed E-state index contributed by atoms with van der Waals surface area (Å²) in [5.74, 6) is 2.29. The van der Waals surface area contributed by atoms with Crippen molar-refractivity contribution >= 4 is 5.91 Å². The van der Waals surface area contributed by atoms with E-state index in [9.17, 15) is 4.79 Å². The number of rotatable bonds is 11. The number of methoxy groups -OCH3 is 1. The number of benzene rings is 2. The van der Waals surface area contributed by atoms with Crippen molar-refractivity contribution in [1.82, 2.24) is 10.3 Å². The first-order valence-corrected chi connectivity index (χ1v) is 9.88. The molecule has 0 saturated carbocycles. The van der Waals surface area contributed by atoms with Gasteiger partial charge in [0.1, 0.15) is 23.9 Å². The fourth-order valence-corrected chi connectivity index (χ4v) is 2.77. The zero-order chi connectivity index (χ0) is 21.0. The quantitative estimate of drug-likeness (QED) is 0.485. The van der Waals surface area contributed by atoms with Crippen molar-refractivity contribution in [3.8, 4) is 17.2 Å². The van der Waals surface area contributed by atoms with E-state index in [4.69, 9.17) is 14.2 Å². The molecular weight excluding hydrogens is 380 g/mol. The molecule has 0 atom stereocenters. The largest absolute Gasteiger partial charge is 0.497 e. The molecule has 0 aliphatic carbocycles. The summed E-state index contributed by atoms with van der Waals surface area (Å²) in [7, 11) is 1.62. The number of carbonyl (C=O) groups excluding carboxylic acids is 1. The van der Waals surface area contributed by atoms with Crippen LogP contribution in [0, 0.1) is 0 Å². The molecule has 2 aromatic carbocycles. The SMILES string of the molecule is COc1ccc(OCCCC(=O)NCc2cccc(OCc3ccccn3)c2)cc1. The molecule has 0 aliphatic rings. The van der Waals surface area contributed by atoms with Gasteiger partial charge in [-0.05, 0) is 60.5 Å². The van der Waals surface area contributed by atoms with Gasteiger partial charge in [0, 0.05) is 19.2 Å². The lowest BCUT2D eigenvalue weighted by molar-refractivity contribution is -0.121. The van der Waals surface area contributed by atoms with Crippen molar-refractivity contribution in [2.45, 2.75) is 26.0 Å². The molecule has 156 valence electrons. The number of hydrogen-bond donors (Lipinski definition) is 1. The van der Waals surface area contributed by atoms with Gasteiger partial charge in [-0.2, -0.15) is 0 Å². The number of aromatic nitrogens is 1. The van der Waals surface area contributed by atoms with E-state index < -0.39 is 0 Å². The molecule has 3 aromatic rings. The minimum absolute atomic E-state index is 0.00635. The van der Waals surface area contributed by atoms with Crippen molar-refractivity contribution in [2.75, 3.05) is 13.7 Å². The fraction of sp³-hybridized carbons (Fsp3) is 0.250. The monoisotopic (exact) mass is 406 g/mol. The molecule has 0 radical (unpaired) electrons. The lowest BCUT2D eigenvalue weighted by atomic mass is 10.2. The van der Waals surface area contributed by atoms with E-state index >= 15 is 0 Å². The number of carbonyl (C=O) groups is 1. The van der Waals surface area contributed by atoms with Crippen LogP contribution >= 0.6 is 0 Å². The average molecular weight is 406 g/mol. The summed E-state index contributed by atoms with van der Waals surface area (Å²) in [5, 5.41) is 2.93. The summed E-state index contributed by atoms with van der Waals surface area (Å²) in [4.78, 5) is 16.3. The normalized spacial score (nSPS) is 10.3. The second-order valence-electron chi connectivity index (χ2n) is 6.66. The number of amides is 1. The molecule has 0 saturated heterocycles. The van der Waals surface area contributed by atoms with Crippen LogP contribution in [0.1, 0.15) is 24.1 Å². The molecule has 0 fully saturated rings. The number of hydrogen-bond acceptors (Lipinski definition) is 5. The molecule has 1 N–H and O–H groups in total. The van der Waals surface area contributed by atoms with Gasteiger partial charge >= 0.3 is 0 Å². The third-order valence-corrected chi connectivity index (χ3v) is 4.38. The summed E-state index contributed by atoms with van der Waals surface area (Å²) in [6.07, 6.45) is 2.80. The van der Waals surface area contributed by atoms with Gasteiger partial charge in [0.2, 0.25) is 5.91 Å².